The van der Waals surface area contributed by atoms with E-state index in [0.29, 0.717) is 6.04 Å². The molecular formula is C9H15Cl2N3. The highest BCUT2D eigenvalue weighted by molar-refractivity contribution is 5.85. The highest BCUT2D eigenvalue weighted by Crippen LogP contribution is 2.15. The van der Waals surface area contributed by atoms with Crippen LogP contribution in [0.15, 0.2) is 24.4 Å². The van der Waals surface area contributed by atoms with Crippen molar-refractivity contribution in [2.75, 3.05) is 18.0 Å². The number of hydrogen-bond acceptors (Lipinski definition) is 3. The van der Waals surface area contributed by atoms with Crippen molar-refractivity contribution in [2.45, 2.75) is 12.5 Å². The number of aromatic nitrogens is 1. The Morgan fingerprint density at radius 3 is 2.64 bits per heavy atom. The zero-order valence-electron chi connectivity index (χ0n) is 7.80. The summed E-state index contributed by atoms with van der Waals surface area (Å²) >= 11 is 0. The number of anilines is 1. The van der Waals surface area contributed by atoms with Crippen molar-refractivity contribution in [1.29, 1.82) is 0 Å². The molecule has 2 rings (SSSR count). The normalized spacial score (nSPS) is 19.8. The lowest BCUT2D eigenvalue weighted by Gasteiger charge is -2.15. The lowest BCUT2D eigenvalue weighted by Crippen LogP contribution is -2.26. The quantitative estimate of drug-likeness (QED) is 0.802. The van der Waals surface area contributed by atoms with Gasteiger partial charge in [-0.3, -0.25) is 0 Å². The van der Waals surface area contributed by atoms with Gasteiger partial charge in [-0.15, -0.1) is 24.8 Å². The molecule has 0 unspecified atom stereocenters. The fraction of sp³-hybridized carbons (Fsp3) is 0.444. The molecule has 0 radical (unpaired) electrons. The Bertz CT molecular complexity index is 255. The van der Waals surface area contributed by atoms with E-state index in [1.165, 1.54) is 0 Å². The summed E-state index contributed by atoms with van der Waals surface area (Å²) in [6.45, 7) is 1.98. The third-order valence-corrected chi connectivity index (χ3v) is 2.20. The topological polar surface area (TPSA) is 42.1 Å². The van der Waals surface area contributed by atoms with Crippen molar-refractivity contribution in [3.8, 4) is 0 Å². The van der Waals surface area contributed by atoms with Crippen LogP contribution in [0.4, 0.5) is 5.82 Å². The number of nitrogens with two attached hydrogens (primary N) is 1. The van der Waals surface area contributed by atoms with Crippen molar-refractivity contribution in [2.24, 2.45) is 5.73 Å². The van der Waals surface area contributed by atoms with E-state index in [1.54, 1.807) is 0 Å². The van der Waals surface area contributed by atoms with Crippen LogP contribution in [0, 0.1) is 0 Å². The lowest BCUT2D eigenvalue weighted by atomic mass is 10.3. The minimum absolute atomic E-state index is 0. The largest absolute Gasteiger partial charge is 0.355 e. The first kappa shape index (κ1) is 13.5. The Morgan fingerprint density at radius 1 is 1.36 bits per heavy atom. The highest BCUT2D eigenvalue weighted by Gasteiger charge is 2.19. The van der Waals surface area contributed by atoms with Crippen LogP contribution in [0.3, 0.4) is 0 Å². The van der Waals surface area contributed by atoms with Gasteiger partial charge in [0.05, 0.1) is 0 Å². The highest BCUT2D eigenvalue weighted by atomic mass is 35.5. The van der Waals surface area contributed by atoms with Gasteiger partial charge in [-0.05, 0) is 18.6 Å². The van der Waals surface area contributed by atoms with E-state index in [1.807, 2.05) is 24.4 Å². The summed E-state index contributed by atoms with van der Waals surface area (Å²) in [5, 5.41) is 0. The SMILES string of the molecule is Cl.Cl.N[C@H]1CCN(c2ccccn2)C1. The minimum Gasteiger partial charge on any atom is -0.355 e. The van der Waals surface area contributed by atoms with E-state index in [4.69, 9.17) is 5.73 Å². The molecule has 1 aromatic rings. The van der Waals surface area contributed by atoms with Crippen molar-refractivity contribution < 1.29 is 0 Å². The Labute approximate surface area is 96.5 Å². The molecule has 5 heteroatoms. The molecule has 0 aliphatic carbocycles. The molecular weight excluding hydrogens is 221 g/mol. The van der Waals surface area contributed by atoms with Gasteiger partial charge >= 0.3 is 0 Å². The van der Waals surface area contributed by atoms with Gasteiger partial charge in [0.25, 0.3) is 0 Å². The minimum atomic E-state index is 0. The average Bonchev–Trinajstić information content (AvgIpc) is 2.54. The molecule has 0 aromatic carbocycles. The maximum absolute atomic E-state index is 5.79. The summed E-state index contributed by atoms with van der Waals surface area (Å²) in [5.41, 5.74) is 5.79. The molecule has 2 heterocycles. The molecule has 0 bridgehead atoms. The summed E-state index contributed by atoms with van der Waals surface area (Å²) in [7, 11) is 0. The van der Waals surface area contributed by atoms with Crippen LogP contribution in [0.25, 0.3) is 0 Å². The zero-order chi connectivity index (χ0) is 8.39. The van der Waals surface area contributed by atoms with Crippen molar-refractivity contribution in [3.05, 3.63) is 24.4 Å². The zero-order valence-corrected chi connectivity index (χ0v) is 9.43. The molecule has 1 fully saturated rings. The standard InChI is InChI=1S/C9H13N3.2ClH/c10-8-4-6-12(7-8)9-3-1-2-5-11-9;;/h1-3,5,8H,4,6-7,10H2;2*1H/t8-;;/m0../s1. The average molecular weight is 236 g/mol. The summed E-state index contributed by atoms with van der Waals surface area (Å²) in [4.78, 5) is 6.49. The number of halogens is 2. The summed E-state index contributed by atoms with van der Waals surface area (Å²) < 4.78 is 0. The molecule has 14 heavy (non-hydrogen) atoms. The Hall–Kier alpha value is -0.510. The smallest absolute Gasteiger partial charge is 0.128 e. The van der Waals surface area contributed by atoms with Crippen LogP contribution in [-0.2, 0) is 0 Å². The number of rotatable bonds is 1. The van der Waals surface area contributed by atoms with E-state index >= 15 is 0 Å². The van der Waals surface area contributed by atoms with Gasteiger partial charge in [-0.25, -0.2) is 4.98 Å². The van der Waals surface area contributed by atoms with Gasteiger partial charge in [-0.2, -0.15) is 0 Å². The molecule has 80 valence electrons. The molecule has 3 nitrogen and oxygen atoms in total. The monoisotopic (exact) mass is 235 g/mol. The third-order valence-electron chi connectivity index (χ3n) is 2.20. The lowest BCUT2D eigenvalue weighted by molar-refractivity contribution is 0.751. The molecule has 2 N–H and O–H groups in total. The maximum atomic E-state index is 5.79. The van der Waals surface area contributed by atoms with Crippen LogP contribution >= 0.6 is 24.8 Å². The molecule has 1 atom stereocenters. The molecule has 1 aromatic heterocycles. The number of pyridine rings is 1. The van der Waals surface area contributed by atoms with Crippen LogP contribution < -0.4 is 10.6 Å². The predicted molar refractivity (Wildman–Crippen MR) is 63.5 cm³/mol. The van der Waals surface area contributed by atoms with Crippen LogP contribution in [0.5, 0.6) is 0 Å². The number of nitrogens with zero attached hydrogens (tertiary/aromatic N) is 2. The second-order valence-electron chi connectivity index (χ2n) is 3.18. The van der Waals surface area contributed by atoms with E-state index in [0.717, 1.165) is 25.3 Å². The Morgan fingerprint density at radius 2 is 2.14 bits per heavy atom. The van der Waals surface area contributed by atoms with Crippen LogP contribution in [0.1, 0.15) is 6.42 Å². The van der Waals surface area contributed by atoms with Gasteiger partial charge in [0.2, 0.25) is 0 Å². The van der Waals surface area contributed by atoms with Gasteiger partial charge in [0.15, 0.2) is 0 Å². The van der Waals surface area contributed by atoms with Crippen molar-refractivity contribution in [3.63, 3.8) is 0 Å². The van der Waals surface area contributed by atoms with Crippen molar-refractivity contribution in [1.82, 2.24) is 4.98 Å². The second kappa shape index (κ2) is 6.06. The summed E-state index contributed by atoms with van der Waals surface area (Å²) in [6.07, 6.45) is 2.90. The van der Waals surface area contributed by atoms with Crippen LogP contribution in [-0.4, -0.2) is 24.1 Å². The maximum Gasteiger partial charge on any atom is 0.128 e. The molecule has 1 aliphatic rings. The van der Waals surface area contributed by atoms with Gasteiger partial charge in [-0.1, -0.05) is 6.07 Å². The third kappa shape index (κ3) is 3.01. The first-order valence-electron chi connectivity index (χ1n) is 4.28. The number of hydrogen-bond donors (Lipinski definition) is 1. The van der Waals surface area contributed by atoms with E-state index < -0.39 is 0 Å². The van der Waals surface area contributed by atoms with E-state index in [9.17, 15) is 0 Å². The van der Waals surface area contributed by atoms with E-state index in [2.05, 4.69) is 9.88 Å². The van der Waals surface area contributed by atoms with Crippen LogP contribution in [0.2, 0.25) is 0 Å². The fourth-order valence-electron chi connectivity index (χ4n) is 1.54. The Balaban J connectivity index is 0.000000845. The van der Waals surface area contributed by atoms with Gasteiger partial charge in [0.1, 0.15) is 5.82 Å². The molecule has 0 saturated carbocycles. The van der Waals surface area contributed by atoms with Gasteiger partial charge < -0.3 is 10.6 Å². The first-order chi connectivity index (χ1) is 5.86. The van der Waals surface area contributed by atoms with E-state index in [-0.39, 0.29) is 24.8 Å². The predicted octanol–water partition coefficient (Wildman–Crippen LogP) is 1.46. The molecule has 1 aliphatic heterocycles. The van der Waals surface area contributed by atoms with Crippen molar-refractivity contribution >= 4 is 30.6 Å². The summed E-state index contributed by atoms with van der Waals surface area (Å²) in [6, 6.07) is 6.29. The second-order valence-corrected chi connectivity index (χ2v) is 3.18. The molecule has 1 saturated heterocycles. The Kier molecular flexibility index (Phi) is 5.84. The molecule has 0 amide bonds. The molecule has 0 spiro atoms. The summed E-state index contributed by atoms with van der Waals surface area (Å²) in [5.74, 6) is 1.05. The fourth-order valence-corrected chi connectivity index (χ4v) is 1.54. The van der Waals surface area contributed by atoms with Gasteiger partial charge in [0, 0.05) is 25.3 Å². The first-order valence-corrected chi connectivity index (χ1v) is 4.28.